The summed E-state index contributed by atoms with van der Waals surface area (Å²) in [5, 5.41) is 8.21. The lowest BCUT2D eigenvalue weighted by Gasteiger charge is -2.16. The van der Waals surface area contributed by atoms with E-state index in [1.165, 1.54) is 4.90 Å². The Balaban J connectivity index is 1.38. The number of carbonyl (C=O) groups is 3. The van der Waals surface area contributed by atoms with Crippen molar-refractivity contribution < 1.29 is 19.1 Å². The molecular formula is C23H28N4O4. The quantitative estimate of drug-likeness (QED) is 0.448. The summed E-state index contributed by atoms with van der Waals surface area (Å²) in [6.45, 7) is 6.70. The van der Waals surface area contributed by atoms with Gasteiger partial charge in [-0.25, -0.2) is 9.59 Å². The molecule has 3 N–H and O–H groups in total. The van der Waals surface area contributed by atoms with Gasteiger partial charge in [0.15, 0.2) is 0 Å². The molecule has 1 heterocycles. The molecule has 0 aliphatic carbocycles. The van der Waals surface area contributed by atoms with Crippen LogP contribution in [0.3, 0.4) is 0 Å². The third-order valence-corrected chi connectivity index (χ3v) is 4.91. The van der Waals surface area contributed by atoms with Crippen LogP contribution in [0.5, 0.6) is 5.75 Å². The first kappa shape index (κ1) is 22.1. The minimum Gasteiger partial charge on any atom is -0.492 e. The van der Waals surface area contributed by atoms with Crippen molar-refractivity contribution in [3.63, 3.8) is 0 Å². The Morgan fingerprint density at radius 3 is 2.42 bits per heavy atom. The molecule has 164 valence electrons. The molecule has 1 aliphatic rings. The van der Waals surface area contributed by atoms with Crippen molar-refractivity contribution in [1.82, 2.24) is 20.9 Å². The Labute approximate surface area is 182 Å². The summed E-state index contributed by atoms with van der Waals surface area (Å²) in [6, 6.07) is 14.5. The molecule has 0 aromatic heterocycles. The zero-order valence-corrected chi connectivity index (χ0v) is 18.0. The first-order valence-corrected chi connectivity index (χ1v) is 10.2. The SMILES string of the molecule is Cc1cccc(OCCNC(=O)NCc2ccc(CN3C(=O)NC(C)(C)C3=O)cc2)c1. The monoisotopic (exact) mass is 424 g/mol. The molecule has 1 saturated heterocycles. The highest BCUT2D eigenvalue weighted by Gasteiger charge is 2.43. The summed E-state index contributed by atoms with van der Waals surface area (Å²) >= 11 is 0. The minimum atomic E-state index is -0.876. The molecule has 0 radical (unpaired) electrons. The third kappa shape index (κ3) is 5.97. The smallest absolute Gasteiger partial charge is 0.325 e. The number of hydrogen-bond donors (Lipinski definition) is 3. The van der Waals surface area contributed by atoms with Gasteiger partial charge in [0.25, 0.3) is 5.91 Å². The lowest BCUT2D eigenvalue weighted by molar-refractivity contribution is -0.130. The number of rotatable bonds is 8. The molecule has 1 aliphatic heterocycles. The van der Waals surface area contributed by atoms with E-state index in [1.807, 2.05) is 55.5 Å². The van der Waals surface area contributed by atoms with Gasteiger partial charge < -0.3 is 20.7 Å². The predicted molar refractivity (Wildman–Crippen MR) is 117 cm³/mol. The number of nitrogens with zero attached hydrogens (tertiary/aromatic N) is 1. The number of ether oxygens (including phenoxy) is 1. The van der Waals surface area contributed by atoms with Crippen molar-refractivity contribution in [2.45, 2.75) is 39.4 Å². The number of nitrogens with one attached hydrogen (secondary N) is 3. The van der Waals surface area contributed by atoms with E-state index >= 15 is 0 Å². The fourth-order valence-electron chi connectivity index (χ4n) is 3.19. The van der Waals surface area contributed by atoms with Gasteiger partial charge in [0.2, 0.25) is 0 Å². The molecule has 0 bridgehead atoms. The summed E-state index contributed by atoms with van der Waals surface area (Å²) in [5.74, 6) is 0.533. The number of benzene rings is 2. The average Bonchev–Trinajstić information content (AvgIpc) is 2.92. The predicted octanol–water partition coefficient (Wildman–Crippen LogP) is 2.70. The van der Waals surface area contributed by atoms with Crippen LogP contribution in [0.4, 0.5) is 9.59 Å². The maximum absolute atomic E-state index is 12.3. The number of amides is 5. The lowest BCUT2D eigenvalue weighted by Crippen LogP contribution is -2.40. The fourth-order valence-corrected chi connectivity index (χ4v) is 3.19. The zero-order chi connectivity index (χ0) is 22.4. The van der Waals surface area contributed by atoms with Crippen LogP contribution in [0, 0.1) is 6.92 Å². The van der Waals surface area contributed by atoms with Gasteiger partial charge >= 0.3 is 12.1 Å². The molecule has 1 fully saturated rings. The topological polar surface area (TPSA) is 99.8 Å². The van der Waals surface area contributed by atoms with Crippen LogP contribution >= 0.6 is 0 Å². The average molecular weight is 425 g/mol. The van der Waals surface area contributed by atoms with E-state index in [0.717, 1.165) is 22.4 Å². The minimum absolute atomic E-state index is 0.212. The van der Waals surface area contributed by atoms with Crippen molar-refractivity contribution in [2.24, 2.45) is 0 Å². The van der Waals surface area contributed by atoms with E-state index in [1.54, 1.807) is 13.8 Å². The van der Waals surface area contributed by atoms with Crippen LogP contribution in [-0.2, 0) is 17.9 Å². The van der Waals surface area contributed by atoms with Gasteiger partial charge in [0, 0.05) is 6.54 Å². The molecule has 8 nitrogen and oxygen atoms in total. The Hall–Kier alpha value is -3.55. The van der Waals surface area contributed by atoms with Gasteiger partial charge in [-0.05, 0) is 49.6 Å². The highest BCUT2D eigenvalue weighted by atomic mass is 16.5. The van der Waals surface area contributed by atoms with E-state index in [0.29, 0.717) is 19.7 Å². The van der Waals surface area contributed by atoms with E-state index in [4.69, 9.17) is 4.74 Å². The van der Waals surface area contributed by atoms with E-state index in [-0.39, 0.29) is 24.5 Å². The van der Waals surface area contributed by atoms with Crippen LogP contribution in [0.15, 0.2) is 48.5 Å². The Bertz CT molecular complexity index is 956. The summed E-state index contributed by atoms with van der Waals surface area (Å²) < 4.78 is 5.60. The molecule has 0 atom stereocenters. The van der Waals surface area contributed by atoms with Gasteiger partial charge in [-0.2, -0.15) is 0 Å². The summed E-state index contributed by atoms with van der Waals surface area (Å²) in [6.07, 6.45) is 0. The maximum Gasteiger partial charge on any atom is 0.325 e. The van der Waals surface area contributed by atoms with Crippen LogP contribution in [0.25, 0.3) is 0 Å². The second-order valence-corrected chi connectivity index (χ2v) is 8.04. The number of urea groups is 2. The first-order valence-electron chi connectivity index (χ1n) is 10.2. The van der Waals surface area contributed by atoms with Gasteiger partial charge in [0.05, 0.1) is 13.1 Å². The Kier molecular flexibility index (Phi) is 6.79. The summed E-state index contributed by atoms with van der Waals surface area (Å²) in [7, 11) is 0. The number of imide groups is 1. The van der Waals surface area contributed by atoms with Crippen molar-refractivity contribution >= 4 is 18.0 Å². The summed E-state index contributed by atoms with van der Waals surface area (Å²) in [5.41, 5.74) is 1.99. The Morgan fingerprint density at radius 2 is 1.77 bits per heavy atom. The van der Waals surface area contributed by atoms with Crippen LogP contribution < -0.4 is 20.7 Å². The van der Waals surface area contributed by atoms with E-state index in [9.17, 15) is 14.4 Å². The second kappa shape index (κ2) is 9.51. The highest BCUT2D eigenvalue weighted by Crippen LogP contribution is 2.19. The first-order chi connectivity index (χ1) is 14.7. The van der Waals surface area contributed by atoms with Crippen LogP contribution in [0.1, 0.15) is 30.5 Å². The van der Waals surface area contributed by atoms with Gasteiger partial charge in [-0.1, -0.05) is 36.4 Å². The zero-order valence-electron chi connectivity index (χ0n) is 18.0. The molecule has 5 amide bonds. The molecule has 0 spiro atoms. The highest BCUT2D eigenvalue weighted by molar-refractivity contribution is 6.06. The molecular weight excluding hydrogens is 396 g/mol. The van der Waals surface area contributed by atoms with Crippen LogP contribution in [-0.4, -0.2) is 41.6 Å². The molecule has 2 aromatic rings. The van der Waals surface area contributed by atoms with Crippen LogP contribution in [0.2, 0.25) is 0 Å². The van der Waals surface area contributed by atoms with Gasteiger partial charge in [0.1, 0.15) is 17.9 Å². The molecule has 0 unspecified atom stereocenters. The molecule has 31 heavy (non-hydrogen) atoms. The van der Waals surface area contributed by atoms with Crippen molar-refractivity contribution in [3.8, 4) is 5.75 Å². The van der Waals surface area contributed by atoms with E-state index < -0.39 is 5.54 Å². The van der Waals surface area contributed by atoms with Crippen molar-refractivity contribution in [1.29, 1.82) is 0 Å². The number of aryl methyl sites for hydroxylation is 1. The maximum atomic E-state index is 12.3. The third-order valence-electron chi connectivity index (χ3n) is 4.91. The molecule has 3 rings (SSSR count). The van der Waals surface area contributed by atoms with Crippen molar-refractivity contribution in [3.05, 3.63) is 65.2 Å². The molecule has 8 heteroatoms. The Morgan fingerprint density at radius 1 is 1.06 bits per heavy atom. The molecule has 2 aromatic carbocycles. The molecule has 0 saturated carbocycles. The lowest BCUT2D eigenvalue weighted by atomic mass is 10.1. The fraction of sp³-hybridized carbons (Fsp3) is 0.348. The van der Waals surface area contributed by atoms with Gasteiger partial charge in [-0.15, -0.1) is 0 Å². The standard InChI is InChI=1S/C23H28N4O4/c1-16-5-4-6-19(13-16)31-12-11-24-21(29)25-14-17-7-9-18(10-8-17)15-27-20(28)23(2,3)26-22(27)30/h4-10,13H,11-12,14-15H2,1-3H3,(H,26,30)(H2,24,25,29). The number of hydrogen-bond acceptors (Lipinski definition) is 4. The van der Waals surface area contributed by atoms with Gasteiger partial charge in [-0.3, -0.25) is 9.69 Å². The second-order valence-electron chi connectivity index (χ2n) is 8.04. The normalized spacial score (nSPS) is 14.9. The number of carbonyl (C=O) groups excluding carboxylic acids is 3. The summed E-state index contributed by atoms with van der Waals surface area (Å²) in [4.78, 5) is 37.4. The van der Waals surface area contributed by atoms with E-state index in [2.05, 4.69) is 16.0 Å². The largest absolute Gasteiger partial charge is 0.492 e. The van der Waals surface area contributed by atoms with Crippen molar-refractivity contribution in [2.75, 3.05) is 13.2 Å².